The maximum Gasteiger partial charge on any atom is 0.145 e. The number of hydrogen-bond acceptors (Lipinski definition) is 3. The molecule has 1 aliphatic rings. The molecule has 102 valence electrons. The number of nitrogens with zero attached hydrogens (tertiary/aromatic N) is 4. The smallest absolute Gasteiger partial charge is 0.145 e. The van der Waals surface area contributed by atoms with E-state index in [4.69, 9.17) is 4.74 Å². The van der Waals surface area contributed by atoms with Gasteiger partial charge >= 0.3 is 0 Å². The number of aromatic nitrogens is 4. The van der Waals surface area contributed by atoms with Crippen LogP contribution in [0.4, 0.5) is 0 Å². The first-order valence-corrected chi connectivity index (χ1v) is 6.80. The van der Waals surface area contributed by atoms with Crippen molar-refractivity contribution in [2.24, 2.45) is 7.05 Å². The Morgan fingerprint density at radius 2 is 2.00 bits per heavy atom. The average Bonchev–Trinajstić information content (AvgIpc) is 3.06. The maximum atomic E-state index is 5.59. The molecule has 1 saturated carbocycles. The van der Waals surface area contributed by atoms with E-state index < -0.39 is 0 Å². The lowest BCUT2D eigenvalue weighted by molar-refractivity contribution is 0.417. The van der Waals surface area contributed by atoms with Gasteiger partial charge in [0.2, 0.25) is 0 Å². The molecule has 3 heterocycles. The average molecular weight is 268 g/mol. The fraction of sp³-hybridized carbons (Fsp3) is 0.333. The lowest BCUT2D eigenvalue weighted by Crippen LogP contribution is -1.94. The Balaban J connectivity index is 1.92. The third kappa shape index (κ3) is 1.70. The molecule has 0 bridgehead atoms. The highest BCUT2D eigenvalue weighted by molar-refractivity contribution is 5.73. The van der Waals surface area contributed by atoms with Gasteiger partial charge in [-0.1, -0.05) is 0 Å². The normalized spacial score (nSPS) is 14.9. The Morgan fingerprint density at radius 3 is 2.65 bits per heavy atom. The van der Waals surface area contributed by atoms with Crippen LogP contribution in [0.5, 0.6) is 5.75 Å². The minimum absolute atomic E-state index is 0.658. The molecule has 3 aromatic heterocycles. The Labute approximate surface area is 116 Å². The summed E-state index contributed by atoms with van der Waals surface area (Å²) in [7, 11) is 3.63. The Hall–Kier alpha value is -2.30. The molecule has 5 nitrogen and oxygen atoms in total. The van der Waals surface area contributed by atoms with Crippen LogP contribution in [-0.4, -0.2) is 26.5 Å². The summed E-state index contributed by atoms with van der Waals surface area (Å²) < 4.78 is 9.31. The second-order valence-electron chi connectivity index (χ2n) is 5.37. The van der Waals surface area contributed by atoms with E-state index in [1.807, 2.05) is 36.4 Å². The first-order valence-electron chi connectivity index (χ1n) is 6.80. The Morgan fingerprint density at radius 1 is 1.15 bits per heavy atom. The van der Waals surface area contributed by atoms with Gasteiger partial charge in [0.05, 0.1) is 19.5 Å². The standard InChI is InChI=1S/C15H16N4O/c1-18-8-12(6-16-18)11-5-14(20-2)15-13(10-3-4-10)7-17-19(15)9-11/h5-10H,3-4H2,1-2H3. The van der Waals surface area contributed by atoms with Crippen LogP contribution >= 0.6 is 0 Å². The molecule has 0 unspecified atom stereocenters. The van der Waals surface area contributed by atoms with Crippen molar-refractivity contribution in [1.29, 1.82) is 0 Å². The summed E-state index contributed by atoms with van der Waals surface area (Å²) in [6.45, 7) is 0. The van der Waals surface area contributed by atoms with E-state index in [0.29, 0.717) is 5.92 Å². The molecule has 0 aliphatic heterocycles. The van der Waals surface area contributed by atoms with Crippen LogP contribution in [-0.2, 0) is 7.05 Å². The van der Waals surface area contributed by atoms with E-state index in [9.17, 15) is 0 Å². The van der Waals surface area contributed by atoms with E-state index in [-0.39, 0.29) is 0 Å². The van der Waals surface area contributed by atoms with Crippen molar-refractivity contribution >= 4 is 5.52 Å². The molecule has 0 radical (unpaired) electrons. The fourth-order valence-corrected chi connectivity index (χ4v) is 2.68. The highest BCUT2D eigenvalue weighted by Crippen LogP contribution is 2.44. The quantitative estimate of drug-likeness (QED) is 0.733. The minimum atomic E-state index is 0.658. The van der Waals surface area contributed by atoms with E-state index >= 15 is 0 Å². The van der Waals surface area contributed by atoms with Crippen LogP contribution in [0, 0.1) is 0 Å². The summed E-state index contributed by atoms with van der Waals surface area (Å²) in [5.74, 6) is 1.54. The van der Waals surface area contributed by atoms with Crippen LogP contribution in [0.1, 0.15) is 24.3 Å². The van der Waals surface area contributed by atoms with Crippen LogP contribution in [0.2, 0.25) is 0 Å². The van der Waals surface area contributed by atoms with Crippen molar-refractivity contribution in [3.8, 4) is 16.9 Å². The second-order valence-corrected chi connectivity index (χ2v) is 5.37. The molecule has 4 rings (SSSR count). The summed E-state index contributed by atoms with van der Waals surface area (Å²) in [6, 6.07) is 2.07. The highest BCUT2D eigenvalue weighted by atomic mass is 16.5. The molecule has 0 saturated heterocycles. The van der Waals surface area contributed by atoms with Crippen LogP contribution in [0.25, 0.3) is 16.6 Å². The van der Waals surface area contributed by atoms with E-state index in [1.54, 1.807) is 11.8 Å². The van der Waals surface area contributed by atoms with E-state index in [1.165, 1.54) is 18.4 Å². The van der Waals surface area contributed by atoms with Crippen molar-refractivity contribution in [2.75, 3.05) is 7.11 Å². The topological polar surface area (TPSA) is 44.4 Å². The molecular weight excluding hydrogens is 252 g/mol. The van der Waals surface area contributed by atoms with Gasteiger partial charge in [0.25, 0.3) is 0 Å². The largest absolute Gasteiger partial charge is 0.494 e. The van der Waals surface area contributed by atoms with Gasteiger partial charge in [-0.3, -0.25) is 4.68 Å². The molecule has 0 spiro atoms. The van der Waals surface area contributed by atoms with Gasteiger partial charge in [-0.2, -0.15) is 10.2 Å². The number of rotatable bonds is 3. The SMILES string of the molecule is COc1cc(-c2cnn(C)c2)cn2ncc(C3CC3)c12. The van der Waals surface area contributed by atoms with Crippen LogP contribution < -0.4 is 4.74 Å². The number of pyridine rings is 1. The fourth-order valence-electron chi connectivity index (χ4n) is 2.68. The van der Waals surface area contributed by atoms with Gasteiger partial charge in [0.15, 0.2) is 0 Å². The number of ether oxygens (including phenoxy) is 1. The molecular formula is C15H16N4O. The van der Waals surface area contributed by atoms with Crippen molar-refractivity contribution in [3.05, 3.63) is 36.4 Å². The molecule has 3 aromatic rings. The summed E-state index contributed by atoms with van der Waals surface area (Å²) in [5.41, 5.74) is 4.53. The monoisotopic (exact) mass is 268 g/mol. The van der Waals surface area contributed by atoms with E-state index in [0.717, 1.165) is 22.4 Å². The van der Waals surface area contributed by atoms with Crippen molar-refractivity contribution in [1.82, 2.24) is 19.4 Å². The molecule has 1 fully saturated rings. The number of fused-ring (bicyclic) bond motifs is 1. The van der Waals surface area contributed by atoms with Crippen molar-refractivity contribution < 1.29 is 4.74 Å². The summed E-state index contributed by atoms with van der Waals surface area (Å²) in [5, 5.41) is 8.71. The first kappa shape index (κ1) is 11.5. The molecule has 0 amide bonds. The third-order valence-corrected chi connectivity index (χ3v) is 3.88. The number of methoxy groups -OCH3 is 1. The summed E-state index contributed by atoms with van der Waals surface area (Å²) in [4.78, 5) is 0. The van der Waals surface area contributed by atoms with Crippen molar-refractivity contribution in [3.63, 3.8) is 0 Å². The Kier molecular flexibility index (Phi) is 2.36. The maximum absolute atomic E-state index is 5.59. The van der Waals surface area contributed by atoms with Crippen molar-refractivity contribution in [2.45, 2.75) is 18.8 Å². The van der Waals surface area contributed by atoms with Gasteiger partial charge in [-0.15, -0.1) is 0 Å². The zero-order chi connectivity index (χ0) is 13.7. The minimum Gasteiger partial charge on any atom is -0.494 e. The van der Waals surface area contributed by atoms with Gasteiger partial charge in [-0.25, -0.2) is 4.52 Å². The molecule has 20 heavy (non-hydrogen) atoms. The predicted molar refractivity (Wildman–Crippen MR) is 75.9 cm³/mol. The van der Waals surface area contributed by atoms with E-state index in [2.05, 4.69) is 16.3 Å². The number of aryl methyl sites for hydroxylation is 1. The molecule has 0 aromatic carbocycles. The van der Waals surface area contributed by atoms with Crippen LogP contribution in [0.3, 0.4) is 0 Å². The molecule has 5 heteroatoms. The summed E-state index contributed by atoms with van der Waals surface area (Å²) >= 11 is 0. The number of hydrogen-bond donors (Lipinski definition) is 0. The van der Waals surface area contributed by atoms with Gasteiger partial charge < -0.3 is 4.74 Å². The third-order valence-electron chi connectivity index (χ3n) is 3.88. The van der Waals surface area contributed by atoms with Gasteiger partial charge in [0, 0.05) is 36.1 Å². The molecule has 0 N–H and O–H groups in total. The van der Waals surface area contributed by atoms with Gasteiger partial charge in [0.1, 0.15) is 11.3 Å². The zero-order valence-electron chi connectivity index (χ0n) is 11.6. The zero-order valence-corrected chi connectivity index (χ0v) is 11.6. The molecule has 1 aliphatic carbocycles. The highest BCUT2D eigenvalue weighted by Gasteiger charge is 2.28. The van der Waals surface area contributed by atoms with Crippen LogP contribution in [0.15, 0.2) is 30.9 Å². The second kappa shape index (κ2) is 4.10. The predicted octanol–water partition coefficient (Wildman–Crippen LogP) is 2.62. The lowest BCUT2D eigenvalue weighted by Gasteiger charge is -2.07. The van der Waals surface area contributed by atoms with Gasteiger partial charge in [-0.05, 0) is 24.8 Å². The Bertz CT molecular complexity index is 782. The lowest BCUT2D eigenvalue weighted by atomic mass is 10.1. The first-order chi connectivity index (χ1) is 9.76. The summed E-state index contributed by atoms with van der Waals surface area (Å²) in [6.07, 6.45) is 10.4. The molecule has 0 atom stereocenters.